The molecule has 0 unspecified atom stereocenters. The molecule has 142 valence electrons. The number of anilines is 1. The molecule has 2 aromatic heterocycles. The number of nitrogens with one attached hydrogen (secondary N) is 3. The molecule has 0 aliphatic carbocycles. The van der Waals surface area contributed by atoms with Gasteiger partial charge in [-0.15, -0.1) is 0 Å². The number of para-hydroxylation sites is 1. The van der Waals surface area contributed by atoms with Crippen LogP contribution in [0.1, 0.15) is 11.1 Å². The van der Waals surface area contributed by atoms with Crippen LogP contribution < -0.4 is 14.8 Å². The van der Waals surface area contributed by atoms with Crippen molar-refractivity contribution >= 4 is 28.3 Å². The summed E-state index contributed by atoms with van der Waals surface area (Å²) in [5.41, 5.74) is 1.66. The quantitative estimate of drug-likeness (QED) is 0.701. The SMILES string of the molecule is FC(F)(F)c1c[nH+]c(N2CC[NH+](Cc3c[nH]c4ccccc34)CC2)c(Cl)c1. The number of H-pyrrole nitrogens is 2. The number of piperazine rings is 1. The molecule has 0 amide bonds. The van der Waals surface area contributed by atoms with Gasteiger partial charge in [-0.25, -0.2) is 9.88 Å². The molecule has 0 saturated carbocycles. The number of rotatable bonds is 3. The predicted molar refractivity (Wildman–Crippen MR) is 97.9 cm³/mol. The topological polar surface area (TPSA) is 37.6 Å². The highest BCUT2D eigenvalue weighted by molar-refractivity contribution is 6.32. The Labute approximate surface area is 159 Å². The number of nitrogens with zero attached hydrogens (tertiary/aromatic N) is 1. The number of pyridine rings is 1. The van der Waals surface area contributed by atoms with Crippen molar-refractivity contribution in [2.24, 2.45) is 0 Å². The summed E-state index contributed by atoms with van der Waals surface area (Å²) in [6.45, 7) is 4.18. The third-order valence-electron chi connectivity index (χ3n) is 5.10. The largest absolute Gasteiger partial charge is 0.419 e. The Balaban J connectivity index is 1.42. The van der Waals surface area contributed by atoms with Gasteiger partial charge >= 0.3 is 6.18 Å². The molecule has 3 N–H and O–H groups in total. The molecule has 0 atom stereocenters. The van der Waals surface area contributed by atoms with Gasteiger partial charge < -0.3 is 9.88 Å². The summed E-state index contributed by atoms with van der Waals surface area (Å²) in [7, 11) is 0. The molecule has 4 nitrogen and oxygen atoms in total. The Kier molecular flexibility index (Phi) is 4.74. The van der Waals surface area contributed by atoms with Crippen LogP contribution in [0.3, 0.4) is 0 Å². The zero-order chi connectivity index (χ0) is 19.0. The number of aromatic amines is 2. The second-order valence-corrected chi connectivity index (χ2v) is 7.26. The molecule has 1 aliphatic rings. The summed E-state index contributed by atoms with van der Waals surface area (Å²) in [5, 5.41) is 1.34. The molecule has 1 aromatic carbocycles. The van der Waals surface area contributed by atoms with E-state index in [2.05, 4.69) is 28.3 Å². The van der Waals surface area contributed by atoms with Crippen molar-refractivity contribution in [1.82, 2.24) is 4.98 Å². The van der Waals surface area contributed by atoms with E-state index in [-0.39, 0.29) is 5.02 Å². The molecule has 0 spiro atoms. The Hall–Kier alpha value is -2.25. The van der Waals surface area contributed by atoms with Crippen molar-refractivity contribution < 1.29 is 23.1 Å². The third kappa shape index (κ3) is 3.75. The average Bonchev–Trinajstić information content (AvgIpc) is 3.05. The first-order valence-corrected chi connectivity index (χ1v) is 9.21. The third-order valence-corrected chi connectivity index (χ3v) is 5.39. The van der Waals surface area contributed by atoms with E-state index in [9.17, 15) is 13.2 Å². The molecule has 1 aliphatic heterocycles. The normalized spacial score (nSPS) is 16.2. The summed E-state index contributed by atoms with van der Waals surface area (Å²) in [6, 6.07) is 9.22. The lowest BCUT2D eigenvalue weighted by atomic mass is 10.1. The van der Waals surface area contributed by atoms with Crippen molar-refractivity contribution in [3.05, 3.63) is 58.9 Å². The van der Waals surface area contributed by atoms with Crippen LogP contribution in [-0.2, 0) is 12.7 Å². The minimum absolute atomic E-state index is 0.102. The smallest absolute Gasteiger partial charge is 0.361 e. The lowest BCUT2D eigenvalue weighted by molar-refractivity contribution is -0.914. The molecule has 1 saturated heterocycles. The lowest BCUT2D eigenvalue weighted by Gasteiger charge is -2.28. The number of aromatic nitrogens is 2. The molecule has 0 radical (unpaired) electrons. The maximum Gasteiger partial charge on any atom is 0.419 e. The number of fused-ring (bicyclic) bond motifs is 1. The maximum atomic E-state index is 12.8. The predicted octanol–water partition coefficient (Wildman–Crippen LogP) is 2.56. The van der Waals surface area contributed by atoms with E-state index in [0.717, 1.165) is 50.5 Å². The van der Waals surface area contributed by atoms with Gasteiger partial charge in [-0.1, -0.05) is 29.8 Å². The molecule has 0 bridgehead atoms. The van der Waals surface area contributed by atoms with Gasteiger partial charge in [0.2, 0.25) is 0 Å². The van der Waals surface area contributed by atoms with Crippen LogP contribution in [0.15, 0.2) is 42.7 Å². The number of halogens is 4. The zero-order valence-electron chi connectivity index (χ0n) is 14.5. The van der Waals surface area contributed by atoms with E-state index in [4.69, 9.17) is 11.6 Å². The van der Waals surface area contributed by atoms with Crippen LogP contribution in [-0.4, -0.2) is 31.2 Å². The Morgan fingerprint density at radius 3 is 2.63 bits per heavy atom. The first kappa shape index (κ1) is 18.1. The second-order valence-electron chi connectivity index (χ2n) is 6.86. The molecule has 1 fully saturated rings. The van der Waals surface area contributed by atoms with Crippen LogP contribution in [0.4, 0.5) is 19.0 Å². The van der Waals surface area contributed by atoms with Gasteiger partial charge in [0.05, 0.1) is 5.56 Å². The van der Waals surface area contributed by atoms with Crippen molar-refractivity contribution in [2.45, 2.75) is 12.7 Å². The van der Waals surface area contributed by atoms with E-state index >= 15 is 0 Å². The first-order valence-electron chi connectivity index (χ1n) is 8.84. The molecule has 27 heavy (non-hydrogen) atoms. The van der Waals surface area contributed by atoms with E-state index in [1.807, 2.05) is 17.0 Å². The number of alkyl halides is 3. The summed E-state index contributed by atoms with van der Waals surface area (Å²) in [6.07, 6.45) is -1.36. The van der Waals surface area contributed by atoms with E-state index in [1.165, 1.54) is 15.8 Å². The van der Waals surface area contributed by atoms with Crippen LogP contribution in [0, 0.1) is 0 Å². The standard InChI is InChI=1S/C19H18ClF3N4/c20-16-9-14(19(21,22)23)11-25-18(16)27-7-5-26(6-8-27)12-13-10-24-17-4-2-1-3-15(13)17/h1-4,9-11,24H,5-8,12H2/p+2. The van der Waals surface area contributed by atoms with E-state index in [0.29, 0.717) is 5.82 Å². The summed E-state index contributed by atoms with van der Waals surface area (Å²) < 4.78 is 38.4. The van der Waals surface area contributed by atoms with E-state index < -0.39 is 11.7 Å². The highest BCUT2D eigenvalue weighted by Gasteiger charge is 2.35. The zero-order valence-corrected chi connectivity index (χ0v) is 15.3. The van der Waals surface area contributed by atoms with Crippen LogP contribution in [0.2, 0.25) is 5.02 Å². The summed E-state index contributed by atoms with van der Waals surface area (Å²) in [4.78, 5) is 9.48. The Morgan fingerprint density at radius 1 is 1.19 bits per heavy atom. The van der Waals surface area contributed by atoms with Gasteiger partial charge in [-0.2, -0.15) is 13.2 Å². The molecular weight excluding hydrogens is 377 g/mol. The van der Waals surface area contributed by atoms with Gasteiger partial charge in [0, 0.05) is 22.7 Å². The molecule has 8 heteroatoms. The lowest BCUT2D eigenvalue weighted by Crippen LogP contribution is -3.13. The Morgan fingerprint density at radius 2 is 1.93 bits per heavy atom. The average molecular weight is 397 g/mol. The first-order chi connectivity index (χ1) is 12.9. The second kappa shape index (κ2) is 7.05. The highest BCUT2D eigenvalue weighted by Crippen LogP contribution is 2.32. The minimum Gasteiger partial charge on any atom is -0.361 e. The molecule has 3 heterocycles. The van der Waals surface area contributed by atoms with Crippen molar-refractivity contribution in [3.63, 3.8) is 0 Å². The monoisotopic (exact) mass is 396 g/mol. The van der Waals surface area contributed by atoms with Gasteiger partial charge in [0.25, 0.3) is 5.82 Å². The van der Waals surface area contributed by atoms with Gasteiger partial charge in [-0.05, 0) is 12.1 Å². The fraction of sp³-hybridized carbons (Fsp3) is 0.316. The van der Waals surface area contributed by atoms with Crippen LogP contribution in [0.5, 0.6) is 0 Å². The van der Waals surface area contributed by atoms with Crippen molar-refractivity contribution in [3.8, 4) is 0 Å². The number of hydrogen-bond donors (Lipinski definition) is 2. The number of hydrogen-bond acceptors (Lipinski definition) is 1. The van der Waals surface area contributed by atoms with Crippen LogP contribution in [0.25, 0.3) is 10.9 Å². The number of benzene rings is 1. The fourth-order valence-corrected chi connectivity index (χ4v) is 3.93. The highest BCUT2D eigenvalue weighted by atomic mass is 35.5. The Bertz CT molecular complexity index is 946. The van der Waals surface area contributed by atoms with E-state index in [1.54, 1.807) is 0 Å². The summed E-state index contributed by atoms with van der Waals surface area (Å²) in [5.74, 6) is 0.552. The van der Waals surface area contributed by atoms with Crippen molar-refractivity contribution in [1.29, 1.82) is 0 Å². The van der Waals surface area contributed by atoms with Gasteiger partial charge in [0.1, 0.15) is 43.9 Å². The summed E-state index contributed by atoms with van der Waals surface area (Å²) >= 11 is 6.10. The van der Waals surface area contributed by atoms with Gasteiger partial charge in [-0.3, -0.25) is 0 Å². The molecule has 4 rings (SSSR count). The van der Waals surface area contributed by atoms with Crippen molar-refractivity contribution in [2.75, 3.05) is 31.1 Å². The maximum absolute atomic E-state index is 12.8. The van der Waals surface area contributed by atoms with Gasteiger partial charge in [0.15, 0.2) is 0 Å². The number of quaternary nitrogens is 1. The minimum atomic E-state index is -4.40. The van der Waals surface area contributed by atoms with Crippen LogP contribution >= 0.6 is 11.6 Å². The molecule has 3 aromatic rings. The fourth-order valence-electron chi connectivity index (χ4n) is 3.64. The molecular formula is C19H20ClF3N4+2.